The van der Waals surface area contributed by atoms with Gasteiger partial charge in [-0.2, -0.15) is 10.2 Å². The normalized spacial score (nSPS) is 10.7. The fraction of sp³-hybridized carbons (Fsp3) is 0.211. The number of hydrogen-bond donors (Lipinski definition) is 2. The van der Waals surface area contributed by atoms with E-state index in [9.17, 15) is 19.2 Å². The van der Waals surface area contributed by atoms with Gasteiger partial charge in [0, 0.05) is 12.8 Å². The molecule has 0 aliphatic carbocycles. The zero-order valence-electron chi connectivity index (χ0n) is 30.3. The van der Waals surface area contributed by atoms with Gasteiger partial charge in [-0.1, -0.05) is 0 Å². The number of rotatable bonds is 17. The van der Waals surface area contributed by atoms with Crippen molar-refractivity contribution >= 4 is 36.2 Å². The molecule has 0 atom stereocenters. The molecule has 2 amide bonds. The quantitative estimate of drug-likeness (QED) is 0.0665. The van der Waals surface area contributed by atoms with Gasteiger partial charge in [-0.05, 0) is 83.9 Å². The molecule has 2 N–H and O–H groups in total. The van der Waals surface area contributed by atoms with Crippen LogP contribution in [0, 0.1) is 0 Å². The Morgan fingerprint density at radius 1 is 0.500 bits per heavy atom. The molecule has 16 heteroatoms. The van der Waals surface area contributed by atoms with Crippen LogP contribution in [-0.2, 0) is 9.59 Å². The molecule has 0 aliphatic heterocycles. The van der Waals surface area contributed by atoms with E-state index in [0.717, 1.165) is 0 Å². The van der Waals surface area contributed by atoms with Gasteiger partial charge in [0.15, 0.2) is 23.0 Å². The van der Waals surface area contributed by atoms with Gasteiger partial charge in [0.1, 0.15) is 11.5 Å². The van der Waals surface area contributed by atoms with Gasteiger partial charge in [-0.3, -0.25) is 9.59 Å². The minimum atomic E-state index is -0.637. The third kappa shape index (κ3) is 10.7. The number of benzene rings is 4. The zero-order chi connectivity index (χ0) is 39.0. The number of hydrazone groups is 2. The Kier molecular flexibility index (Phi) is 14.3. The van der Waals surface area contributed by atoms with E-state index in [-0.39, 0.29) is 35.5 Å². The maximum absolute atomic E-state index is 12.7. The molecule has 54 heavy (non-hydrogen) atoms. The number of esters is 2. The van der Waals surface area contributed by atoms with Gasteiger partial charge >= 0.3 is 11.9 Å². The zero-order valence-corrected chi connectivity index (χ0v) is 30.3. The summed E-state index contributed by atoms with van der Waals surface area (Å²) in [6.45, 7) is 0. The molecule has 16 nitrogen and oxygen atoms in total. The van der Waals surface area contributed by atoms with Gasteiger partial charge in [-0.25, -0.2) is 20.4 Å². The Morgan fingerprint density at radius 3 is 1.09 bits per heavy atom. The predicted molar refractivity (Wildman–Crippen MR) is 196 cm³/mol. The number of carbonyl (C=O) groups is 4. The number of carbonyl (C=O) groups excluding carboxylic acids is 4. The third-order valence-electron chi connectivity index (χ3n) is 7.37. The molecule has 0 heterocycles. The number of amides is 2. The lowest BCUT2D eigenvalue weighted by Gasteiger charge is -2.13. The monoisotopic (exact) mass is 742 g/mol. The first kappa shape index (κ1) is 39.7. The first-order valence-electron chi connectivity index (χ1n) is 16.0. The smallest absolute Gasteiger partial charge is 0.343 e. The molecule has 4 aromatic rings. The third-order valence-corrected chi connectivity index (χ3v) is 7.37. The summed E-state index contributed by atoms with van der Waals surface area (Å²) in [7, 11) is 8.69. The van der Waals surface area contributed by atoms with Gasteiger partial charge in [0.25, 0.3) is 0 Å². The average Bonchev–Trinajstić information content (AvgIpc) is 3.19. The highest BCUT2D eigenvalue weighted by Crippen LogP contribution is 2.39. The Labute approximate surface area is 310 Å². The number of hydrogen-bond acceptors (Lipinski definition) is 14. The van der Waals surface area contributed by atoms with Gasteiger partial charge in [0.05, 0.1) is 66.2 Å². The van der Waals surface area contributed by atoms with E-state index in [1.54, 1.807) is 48.5 Å². The lowest BCUT2D eigenvalue weighted by Crippen LogP contribution is -2.22. The molecule has 4 aromatic carbocycles. The van der Waals surface area contributed by atoms with Crippen molar-refractivity contribution in [3.05, 3.63) is 95.1 Å². The van der Waals surface area contributed by atoms with Gasteiger partial charge in [0.2, 0.25) is 23.3 Å². The van der Waals surface area contributed by atoms with Crippen molar-refractivity contribution in [2.24, 2.45) is 10.2 Å². The van der Waals surface area contributed by atoms with Crippen molar-refractivity contribution in [3.63, 3.8) is 0 Å². The Balaban J connectivity index is 1.18. The number of methoxy groups -OCH3 is 6. The van der Waals surface area contributed by atoms with Crippen LogP contribution >= 0.6 is 0 Å². The maximum atomic E-state index is 12.7. The van der Waals surface area contributed by atoms with Crippen LogP contribution in [0.1, 0.15) is 44.7 Å². The van der Waals surface area contributed by atoms with Crippen LogP contribution in [0.4, 0.5) is 0 Å². The molecular weight excluding hydrogens is 704 g/mol. The van der Waals surface area contributed by atoms with Crippen LogP contribution in [0.3, 0.4) is 0 Å². The van der Waals surface area contributed by atoms with E-state index in [0.29, 0.717) is 45.6 Å². The van der Waals surface area contributed by atoms with Crippen molar-refractivity contribution in [2.75, 3.05) is 42.7 Å². The lowest BCUT2D eigenvalue weighted by molar-refractivity contribution is -0.126. The number of ether oxygens (including phenoxy) is 8. The molecule has 282 valence electrons. The van der Waals surface area contributed by atoms with Crippen LogP contribution < -0.4 is 48.7 Å². The van der Waals surface area contributed by atoms with E-state index in [1.165, 1.54) is 79.4 Å². The van der Waals surface area contributed by atoms with Crippen molar-refractivity contribution < 1.29 is 57.1 Å². The van der Waals surface area contributed by atoms with Crippen molar-refractivity contribution in [1.29, 1.82) is 0 Å². The Bertz CT molecular complexity index is 1820. The highest BCUT2D eigenvalue weighted by atomic mass is 16.6. The second-order valence-electron chi connectivity index (χ2n) is 10.8. The minimum absolute atomic E-state index is 0.138. The van der Waals surface area contributed by atoms with Crippen LogP contribution in [0.25, 0.3) is 0 Å². The molecule has 0 saturated carbocycles. The summed E-state index contributed by atoms with van der Waals surface area (Å²) < 4.78 is 42.6. The van der Waals surface area contributed by atoms with Crippen LogP contribution in [-0.4, -0.2) is 78.8 Å². The highest BCUT2D eigenvalue weighted by Gasteiger charge is 2.20. The van der Waals surface area contributed by atoms with Crippen molar-refractivity contribution in [1.82, 2.24) is 10.9 Å². The first-order chi connectivity index (χ1) is 26.1. The molecule has 0 spiro atoms. The standard InChI is InChI=1S/C38H38N4O12/c1-47-29-17-25(18-30(48-2)35(29)51-5)37(45)53-27-11-7-23(8-12-27)21-39-41-33(43)15-16-34(44)42-40-22-24-9-13-28(14-10-24)54-38(46)26-19-31(49-3)36(52-6)32(20-26)50-4/h7-14,17-22H,15-16H2,1-6H3,(H,41,43)(H,42,44). The summed E-state index contributed by atoms with van der Waals surface area (Å²) in [5.74, 6) is 0.228. The first-order valence-corrected chi connectivity index (χ1v) is 16.0. The van der Waals surface area contributed by atoms with E-state index in [2.05, 4.69) is 21.1 Å². The molecule has 0 unspecified atom stereocenters. The Hall–Kier alpha value is -7.10. The Morgan fingerprint density at radius 2 is 0.815 bits per heavy atom. The molecule has 4 rings (SSSR count). The van der Waals surface area contributed by atoms with Crippen molar-refractivity contribution in [3.8, 4) is 46.0 Å². The summed E-state index contributed by atoms with van der Waals surface area (Å²) in [6.07, 6.45) is 2.51. The molecule has 0 fully saturated rings. The molecule has 0 saturated heterocycles. The van der Waals surface area contributed by atoms with Gasteiger partial charge in [-0.15, -0.1) is 0 Å². The molecule has 0 aromatic heterocycles. The molecular formula is C38H38N4O12. The summed E-state index contributed by atoms with van der Waals surface area (Å²) in [5.41, 5.74) is 6.32. The van der Waals surface area contributed by atoms with Crippen molar-refractivity contribution in [2.45, 2.75) is 12.8 Å². The van der Waals surface area contributed by atoms with Crippen LogP contribution in [0.15, 0.2) is 83.0 Å². The van der Waals surface area contributed by atoms with Crippen LogP contribution in [0.2, 0.25) is 0 Å². The molecule has 0 bridgehead atoms. The average molecular weight is 743 g/mol. The highest BCUT2D eigenvalue weighted by molar-refractivity contribution is 5.94. The summed E-state index contributed by atoms with van der Waals surface area (Å²) in [5, 5.41) is 7.80. The lowest BCUT2D eigenvalue weighted by atomic mass is 10.2. The summed E-state index contributed by atoms with van der Waals surface area (Å²) >= 11 is 0. The largest absolute Gasteiger partial charge is 0.493 e. The summed E-state index contributed by atoms with van der Waals surface area (Å²) in [4.78, 5) is 49.8. The second-order valence-corrected chi connectivity index (χ2v) is 10.8. The summed E-state index contributed by atoms with van der Waals surface area (Å²) in [6, 6.07) is 18.7. The van der Waals surface area contributed by atoms with E-state index >= 15 is 0 Å². The fourth-order valence-corrected chi connectivity index (χ4v) is 4.67. The number of nitrogens with zero attached hydrogens (tertiary/aromatic N) is 2. The second kappa shape index (κ2) is 19.5. The van der Waals surface area contributed by atoms with Gasteiger partial charge < -0.3 is 37.9 Å². The van der Waals surface area contributed by atoms with E-state index < -0.39 is 23.8 Å². The predicted octanol–water partition coefficient (Wildman–Crippen LogP) is 4.56. The molecule has 0 radical (unpaired) electrons. The fourth-order valence-electron chi connectivity index (χ4n) is 4.67. The minimum Gasteiger partial charge on any atom is -0.493 e. The van der Waals surface area contributed by atoms with E-state index in [4.69, 9.17) is 37.9 Å². The maximum Gasteiger partial charge on any atom is 0.343 e. The van der Waals surface area contributed by atoms with E-state index in [1.807, 2.05) is 0 Å². The molecule has 0 aliphatic rings. The topological polar surface area (TPSA) is 191 Å². The SMILES string of the molecule is COc1cc(C(=O)Oc2ccc(C=NNC(=O)CCC(=O)NN=Cc3ccc(OC(=O)c4cc(OC)c(OC)c(OC)c4)cc3)cc2)cc(OC)c1OC. The number of nitrogens with one attached hydrogen (secondary N) is 2. The van der Waals surface area contributed by atoms with Crippen LogP contribution in [0.5, 0.6) is 46.0 Å².